The van der Waals surface area contributed by atoms with E-state index in [2.05, 4.69) is 281 Å². The molecule has 0 unspecified atom stereocenters. The van der Waals surface area contributed by atoms with Crippen LogP contribution in [0.15, 0.2) is 170 Å². The van der Waals surface area contributed by atoms with Gasteiger partial charge in [-0.15, -0.1) is 0 Å². The van der Waals surface area contributed by atoms with Crippen LogP contribution in [0.1, 0.15) is 156 Å². The summed E-state index contributed by atoms with van der Waals surface area (Å²) >= 11 is 8.23. The molecule has 388 valence electrons. The Balaban J connectivity index is 1.16. The van der Waals surface area contributed by atoms with Gasteiger partial charge in [0.1, 0.15) is 0 Å². The van der Waals surface area contributed by atoms with Gasteiger partial charge in [-0.05, 0) is 182 Å². The number of anilines is 6. The molecule has 2 aliphatic carbocycles. The van der Waals surface area contributed by atoms with E-state index in [0.717, 1.165) is 87.7 Å². The molecule has 1 heterocycles. The number of aromatic nitrogens is 1. The van der Waals surface area contributed by atoms with Crippen molar-refractivity contribution in [3.8, 4) is 16.8 Å². The average Bonchev–Trinajstić information content (AvgIpc) is 3.77. The van der Waals surface area contributed by atoms with Crippen molar-refractivity contribution < 1.29 is 0 Å². The molecule has 0 atom stereocenters. The molecule has 0 spiro atoms. The summed E-state index contributed by atoms with van der Waals surface area (Å²) in [5, 5.41) is 3.16. The van der Waals surface area contributed by atoms with Crippen LogP contribution >= 0.6 is 11.6 Å². The van der Waals surface area contributed by atoms with E-state index in [4.69, 9.17) is 11.6 Å². The van der Waals surface area contributed by atoms with E-state index in [9.17, 15) is 0 Å². The third kappa shape index (κ3) is 9.05. The van der Waals surface area contributed by atoms with Crippen LogP contribution < -0.4 is 9.80 Å². The molecule has 0 saturated carbocycles. The maximum atomic E-state index is 8.23. The minimum atomic E-state index is 0.00701. The Morgan fingerprint density at radius 2 is 0.763 bits per heavy atom. The van der Waals surface area contributed by atoms with Gasteiger partial charge in [-0.2, -0.15) is 0 Å². The second kappa shape index (κ2) is 18.3. The van der Waals surface area contributed by atoms with E-state index in [-0.39, 0.29) is 32.5 Å². The highest BCUT2D eigenvalue weighted by Gasteiger charge is 2.40. The lowest BCUT2D eigenvalue weighted by Gasteiger charge is -2.43. The molecular formula is C72H78ClN3. The van der Waals surface area contributed by atoms with Crippen molar-refractivity contribution in [3.05, 3.63) is 208 Å². The van der Waals surface area contributed by atoms with Crippen molar-refractivity contribution in [1.29, 1.82) is 0 Å². The fraction of sp³-hybridized carbons (Fsp3) is 0.333. The number of benzene rings is 8. The molecule has 76 heavy (non-hydrogen) atoms. The Bertz CT molecular complexity index is 3470. The molecule has 0 radical (unpaired) electrons. The monoisotopic (exact) mass is 1020 g/mol. The Morgan fingerprint density at radius 3 is 1.17 bits per heavy atom. The lowest BCUT2D eigenvalue weighted by molar-refractivity contribution is 0.332. The molecule has 0 aliphatic heterocycles. The molecule has 8 aromatic carbocycles. The summed E-state index contributed by atoms with van der Waals surface area (Å²) in [6.07, 6.45) is 4.58. The zero-order chi connectivity index (χ0) is 53.9. The molecule has 0 fully saturated rings. The zero-order valence-corrected chi connectivity index (χ0v) is 48.5. The summed E-state index contributed by atoms with van der Waals surface area (Å²) < 4.78 is 2.45. The molecule has 9 aromatic rings. The van der Waals surface area contributed by atoms with Crippen molar-refractivity contribution in [2.24, 2.45) is 0 Å². The van der Waals surface area contributed by atoms with Crippen LogP contribution in [-0.4, -0.2) is 4.57 Å². The molecule has 0 N–H and O–H groups in total. The van der Waals surface area contributed by atoms with E-state index in [0.29, 0.717) is 5.02 Å². The normalized spacial score (nSPS) is 16.6. The number of fused-ring (bicyclic) bond motifs is 5. The first kappa shape index (κ1) is 51.6. The summed E-state index contributed by atoms with van der Waals surface area (Å²) in [6, 6.07) is 64.2. The fourth-order valence-corrected chi connectivity index (χ4v) is 12.9. The van der Waals surface area contributed by atoms with Crippen molar-refractivity contribution in [3.63, 3.8) is 0 Å². The van der Waals surface area contributed by atoms with Crippen LogP contribution in [0.5, 0.6) is 0 Å². The Kier molecular flexibility index (Phi) is 12.4. The molecule has 0 amide bonds. The summed E-state index contributed by atoms with van der Waals surface area (Å²) in [5.41, 5.74) is 20.5. The van der Waals surface area contributed by atoms with E-state index in [1.807, 2.05) is 0 Å². The van der Waals surface area contributed by atoms with E-state index in [1.165, 1.54) is 44.2 Å². The number of para-hydroxylation sites is 2. The van der Waals surface area contributed by atoms with Gasteiger partial charge in [-0.25, -0.2) is 0 Å². The number of nitrogens with zero attached hydrogens (tertiary/aromatic N) is 3. The molecule has 1 aromatic heterocycles. The molecular weight excluding hydrogens is 942 g/mol. The fourth-order valence-electron chi connectivity index (χ4n) is 12.6. The van der Waals surface area contributed by atoms with Crippen LogP contribution in [0, 0.1) is 0 Å². The lowest BCUT2D eigenvalue weighted by Crippen LogP contribution is -2.34. The average molecular weight is 1020 g/mol. The van der Waals surface area contributed by atoms with Gasteiger partial charge >= 0.3 is 0 Å². The summed E-state index contributed by atoms with van der Waals surface area (Å²) in [7, 11) is 0. The topological polar surface area (TPSA) is 11.4 Å². The van der Waals surface area contributed by atoms with Crippen molar-refractivity contribution >= 4 is 67.5 Å². The molecule has 2 aliphatic rings. The van der Waals surface area contributed by atoms with Crippen molar-refractivity contribution in [1.82, 2.24) is 4.57 Å². The maximum Gasteiger partial charge on any atom is 0.0726 e. The Morgan fingerprint density at radius 1 is 0.395 bits per heavy atom. The van der Waals surface area contributed by atoms with E-state index in [1.54, 1.807) is 0 Å². The molecule has 0 saturated heterocycles. The second-order valence-electron chi connectivity index (χ2n) is 27.0. The predicted molar refractivity (Wildman–Crippen MR) is 329 cm³/mol. The van der Waals surface area contributed by atoms with Crippen LogP contribution in [0.3, 0.4) is 0 Å². The summed E-state index contributed by atoms with van der Waals surface area (Å²) in [5.74, 6) is 0. The largest absolute Gasteiger partial charge is 0.311 e. The van der Waals surface area contributed by atoms with Gasteiger partial charge in [0.05, 0.1) is 21.7 Å². The van der Waals surface area contributed by atoms with Crippen LogP contribution in [0.2, 0.25) is 5.02 Å². The molecule has 4 heteroatoms. The highest BCUT2D eigenvalue weighted by atomic mass is 35.5. The first-order chi connectivity index (χ1) is 35.8. The third-order valence-corrected chi connectivity index (χ3v) is 18.1. The van der Waals surface area contributed by atoms with Crippen molar-refractivity contribution in [2.75, 3.05) is 9.80 Å². The summed E-state index contributed by atoms with van der Waals surface area (Å²) in [4.78, 5) is 4.86. The lowest BCUT2D eigenvalue weighted by atomic mass is 9.63. The highest BCUT2D eigenvalue weighted by Crippen LogP contribution is 2.53. The Labute approximate surface area is 459 Å². The van der Waals surface area contributed by atoms with Crippen LogP contribution in [-0.2, 0) is 32.5 Å². The van der Waals surface area contributed by atoms with E-state index < -0.39 is 0 Å². The minimum Gasteiger partial charge on any atom is -0.311 e. The van der Waals surface area contributed by atoms with Crippen LogP contribution in [0.25, 0.3) is 38.6 Å². The van der Waals surface area contributed by atoms with Gasteiger partial charge < -0.3 is 14.4 Å². The standard InChI is InChI=1S/C72H78ClN3/c1-67(2,3)48-25-31-51(32-26-48)74(52-33-27-49(28-34-52)68(4,5)6)50-29-23-47(24-30-50)58-43-55(76-63-21-17-15-19-56(63)57-20-16-18-22-64(57)76)46-65(66(58)73)75(53-35-37-59-61(44-53)71(11,12)41-39-69(59,7)8)54-36-38-60-62(45-54)72(13,14)42-40-70(60,9)10/h15-38,43-46H,39-42H2,1-14H3. The van der Waals surface area contributed by atoms with E-state index >= 15 is 0 Å². The number of halogens is 1. The second-order valence-corrected chi connectivity index (χ2v) is 27.4. The summed E-state index contributed by atoms with van der Waals surface area (Å²) in [6.45, 7) is 33.0. The molecule has 11 rings (SSSR count). The number of hydrogen-bond acceptors (Lipinski definition) is 2. The number of rotatable bonds is 8. The SMILES string of the molecule is CC(C)(C)c1ccc(N(c2ccc(-c3cc(-n4c5ccccc5c5ccccc54)cc(N(c4ccc5c(c4)C(C)(C)CCC5(C)C)c4ccc5c(c4)C(C)(C)CCC5(C)C)c3Cl)cc2)c2ccc(C(C)(C)C)cc2)cc1. The van der Waals surface area contributed by atoms with Gasteiger partial charge in [0.25, 0.3) is 0 Å². The zero-order valence-electron chi connectivity index (χ0n) is 47.7. The molecule has 3 nitrogen and oxygen atoms in total. The minimum absolute atomic E-state index is 0.00701. The first-order valence-corrected chi connectivity index (χ1v) is 28.2. The van der Waals surface area contributed by atoms with Gasteiger partial charge in [-0.3, -0.25) is 0 Å². The maximum absolute atomic E-state index is 8.23. The first-order valence-electron chi connectivity index (χ1n) is 27.9. The molecule has 0 bridgehead atoms. The smallest absolute Gasteiger partial charge is 0.0726 e. The third-order valence-electron chi connectivity index (χ3n) is 17.7. The van der Waals surface area contributed by atoms with Gasteiger partial charge in [0.2, 0.25) is 0 Å². The predicted octanol–water partition coefficient (Wildman–Crippen LogP) is 21.3. The highest BCUT2D eigenvalue weighted by molar-refractivity contribution is 6.36. The quantitative estimate of drug-likeness (QED) is 0.150. The van der Waals surface area contributed by atoms with Crippen molar-refractivity contribution in [2.45, 2.75) is 155 Å². The van der Waals surface area contributed by atoms with Gasteiger partial charge in [0, 0.05) is 50.5 Å². The van der Waals surface area contributed by atoms with Crippen LogP contribution in [0.4, 0.5) is 34.1 Å². The number of hydrogen-bond donors (Lipinski definition) is 0. The Hall–Kier alpha value is -6.55. The van der Waals surface area contributed by atoms with Gasteiger partial charge in [0.15, 0.2) is 0 Å². The van der Waals surface area contributed by atoms with Gasteiger partial charge in [-0.1, -0.05) is 193 Å².